The van der Waals surface area contributed by atoms with Gasteiger partial charge in [0.25, 0.3) is 5.79 Å². The lowest BCUT2D eigenvalue weighted by Gasteiger charge is -2.22. The molecule has 0 amide bonds. The molecule has 1 N–H and O–H groups in total. The van der Waals surface area contributed by atoms with Crippen LogP contribution in [-0.4, -0.2) is 36.4 Å². The topological polar surface area (TPSA) is 55.8 Å². The Hall–Kier alpha value is -0.130. The fourth-order valence-electron chi connectivity index (χ4n) is 0.424. The Bertz CT molecular complexity index is 113. The molecule has 0 unspecified atom stereocenters. The van der Waals surface area contributed by atoms with Crippen molar-refractivity contribution >= 4 is 21.9 Å². The second-order valence-electron chi connectivity index (χ2n) is 1.60. The molecule has 0 aliphatic carbocycles. The molecule has 60 valence electrons. The molecule has 0 aromatic carbocycles. The summed E-state index contributed by atoms with van der Waals surface area (Å²) in [7, 11) is 2.55. The van der Waals surface area contributed by atoms with Crippen LogP contribution in [0.15, 0.2) is 0 Å². The zero-order valence-electron chi connectivity index (χ0n) is 5.76. The maximum Gasteiger partial charge on any atom is 0.365 e. The summed E-state index contributed by atoms with van der Waals surface area (Å²) in [6.07, 6.45) is 0. The average molecular weight is 213 g/mol. The highest BCUT2D eigenvalue weighted by Crippen LogP contribution is 2.14. The molecule has 0 aliphatic heterocycles. The van der Waals surface area contributed by atoms with Gasteiger partial charge in [-0.25, -0.2) is 4.79 Å². The Balaban J connectivity index is 4.31. The van der Waals surface area contributed by atoms with Crippen molar-refractivity contribution < 1.29 is 19.4 Å². The van der Waals surface area contributed by atoms with Gasteiger partial charge in [0.15, 0.2) is 0 Å². The summed E-state index contributed by atoms with van der Waals surface area (Å²) in [6, 6.07) is 0. The number of carboxylic acid groups (broad SMARTS) is 1. The second kappa shape index (κ2) is 3.90. The predicted molar refractivity (Wildman–Crippen MR) is 38.2 cm³/mol. The number of methoxy groups -OCH3 is 2. The Labute approximate surface area is 67.2 Å². The largest absolute Gasteiger partial charge is 0.477 e. The molecule has 0 aromatic heterocycles. The van der Waals surface area contributed by atoms with E-state index in [9.17, 15) is 4.79 Å². The van der Waals surface area contributed by atoms with Gasteiger partial charge < -0.3 is 14.6 Å². The highest BCUT2D eigenvalue weighted by atomic mass is 79.9. The molecule has 0 saturated heterocycles. The van der Waals surface area contributed by atoms with Gasteiger partial charge in [-0.1, -0.05) is 15.9 Å². The zero-order chi connectivity index (χ0) is 8.20. The van der Waals surface area contributed by atoms with E-state index in [1.165, 1.54) is 14.2 Å². The van der Waals surface area contributed by atoms with Crippen molar-refractivity contribution in [1.29, 1.82) is 0 Å². The molecule has 0 aliphatic rings. The molecular weight excluding hydrogens is 204 g/mol. The van der Waals surface area contributed by atoms with Gasteiger partial charge in [-0.3, -0.25) is 0 Å². The molecule has 0 spiro atoms. The summed E-state index contributed by atoms with van der Waals surface area (Å²) in [5.41, 5.74) is 0. The van der Waals surface area contributed by atoms with Gasteiger partial charge in [-0.05, 0) is 0 Å². The predicted octanol–water partition coefficient (Wildman–Crippen LogP) is 0.455. The Morgan fingerprint density at radius 2 is 2.00 bits per heavy atom. The number of hydrogen-bond donors (Lipinski definition) is 1. The van der Waals surface area contributed by atoms with Crippen LogP contribution in [0.2, 0.25) is 0 Å². The third kappa shape index (κ3) is 1.68. The van der Waals surface area contributed by atoms with Crippen LogP contribution in [0.5, 0.6) is 0 Å². The molecule has 0 rings (SSSR count). The number of carbonyl (C=O) groups is 1. The Kier molecular flexibility index (Phi) is 3.85. The second-order valence-corrected chi connectivity index (χ2v) is 2.16. The maximum absolute atomic E-state index is 10.4. The van der Waals surface area contributed by atoms with E-state index in [1.54, 1.807) is 0 Å². The van der Waals surface area contributed by atoms with Crippen LogP contribution < -0.4 is 0 Å². The number of aliphatic carboxylic acids is 1. The fourth-order valence-corrected chi connectivity index (χ4v) is 1.12. The first-order valence-electron chi connectivity index (χ1n) is 2.52. The molecular formula is C5H9BrO4. The molecule has 5 heteroatoms. The van der Waals surface area contributed by atoms with Crippen LogP contribution in [0.4, 0.5) is 0 Å². The number of hydrogen-bond acceptors (Lipinski definition) is 3. The van der Waals surface area contributed by atoms with Crippen molar-refractivity contribution in [2.24, 2.45) is 0 Å². The highest BCUT2D eigenvalue weighted by Gasteiger charge is 2.37. The smallest absolute Gasteiger partial charge is 0.365 e. The van der Waals surface area contributed by atoms with Crippen molar-refractivity contribution in [3.05, 3.63) is 0 Å². The average Bonchev–Trinajstić information content (AvgIpc) is 1.92. The Morgan fingerprint density at radius 3 is 2.00 bits per heavy atom. The number of rotatable bonds is 4. The van der Waals surface area contributed by atoms with Crippen LogP contribution in [-0.2, 0) is 14.3 Å². The van der Waals surface area contributed by atoms with E-state index in [1.807, 2.05) is 0 Å². The third-order valence-corrected chi connectivity index (χ3v) is 1.90. The molecule has 0 atom stereocenters. The first kappa shape index (κ1) is 9.87. The monoisotopic (exact) mass is 212 g/mol. The number of ether oxygens (including phenoxy) is 2. The van der Waals surface area contributed by atoms with Crippen LogP contribution in [0.25, 0.3) is 0 Å². The van der Waals surface area contributed by atoms with E-state index in [-0.39, 0.29) is 5.33 Å². The number of carboxylic acids is 1. The van der Waals surface area contributed by atoms with Gasteiger partial charge in [-0.15, -0.1) is 0 Å². The molecule has 0 heterocycles. The molecule has 0 saturated carbocycles. The van der Waals surface area contributed by atoms with Crippen LogP contribution in [0.1, 0.15) is 0 Å². The summed E-state index contributed by atoms with van der Waals surface area (Å²) < 4.78 is 9.26. The van der Waals surface area contributed by atoms with Gasteiger partial charge in [0.1, 0.15) is 0 Å². The minimum Gasteiger partial charge on any atom is -0.477 e. The normalized spacial score (nSPS) is 11.5. The van der Waals surface area contributed by atoms with Crippen molar-refractivity contribution in [2.45, 2.75) is 5.79 Å². The third-order valence-electron chi connectivity index (χ3n) is 1.16. The van der Waals surface area contributed by atoms with Crippen molar-refractivity contribution in [2.75, 3.05) is 19.5 Å². The molecule has 0 fully saturated rings. The molecule has 0 bridgehead atoms. The van der Waals surface area contributed by atoms with Crippen LogP contribution in [0, 0.1) is 0 Å². The summed E-state index contributed by atoms with van der Waals surface area (Å²) >= 11 is 2.96. The maximum atomic E-state index is 10.4. The lowest BCUT2D eigenvalue weighted by molar-refractivity contribution is -0.214. The number of halogens is 1. The van der Waals surface area contributed by atoms with Crippen LogP contribution >= 0.6 is 15.9 Å². The van der Waals surface area contributed by atoms with E-state index in [2.05, 4.69) is 25.4 Å². The summed E-state index contributed by atoms with van der Waals surface area (Å²) in [5.74, 6) is -2.69. The standard InChI is InChI=1S/C5H9BrO4/c1-9-5(3-6,10-2)4(7)8/h3H2,1-2H3,(H,7,8). The summed E-state index contributed by atoms with van der Waals surface area (Å²) in [6.45, 7) is 0. The van der Waals surface area contributed by atoms with E-state index in [4.69, 9.17) is 5.11 Å². The van der Waals surface area contributed by atoms with E-state index >= 15 is 0 Å². The van der Waals surface area contributed by atoms with Crippen molar-refractivity contribution in [1.82, 2.24) is 0 Å². The quantitative estimate of drug-likeness (QED) is 0.544. The Morgan fingerprint density at radius 1 is 1.60 bits per heavy atom. The van der Waals surface area contributed by atoms with Gasteiger partial charge in [0.05, 0.1) is 5.33 Å². The van der Waals surface area contributed by atoms with E-state index in [0.717, 1.165) is 0 Å². The lowest BCUT2D eigenvalue weighted by atomic mass is 10.3. The fraction of sp³-hybridized carbons (Fsp3) is 0.800. The van der Waals surface area contributed by atoms with Crippen LogP contribution in [0.3, 0.4) is 0 Å². The molecule has 0 radical (unpaired) electrons. The minimum atomic E-state index is -1.54. The molecule has 10 heavy (non-hydrogen) atoms. The summed E-state index contributed by atoms with van der Waals surface area (Å²) in [5, 5.41) is 8.64. The lowest BCUT2D eigenvalue weighted by Crippen LogP contribution is -2.44. The first-order valence-corrected chi connectivity index (χ1v) is 3.64. The minimum absolute atomic E-state index is 0.0995. The van der Waals surface area contributed by atoms with Crippen molar-refractivity contribution in [3.63, 3.8) is 0 Å². The molecule has 4 nitrogen and oxygen atoms in total. The van der Waals surface area contributed by atoms with E-state index < -0.39 is 11.8 Å². The van der Waals surface area contributed by atoms with Gasteiger partial charge in [0.2, 0.25) is 0 Å². The highest BCUT2D eigenvalue weighted by molar-refractivity contribution is 9.09. The number of alkyl halides is 1. The van der Waals surface area contributed by atoms with Gasteiger partial charge in [0, 0.05) is 14.2 Å². The first-order chi connectivity index (χ1) is 4.63. The van der Waals surface area contributed by atoms with Gasteiger partial charge in [-0.2, -0.15) is 0 Å². The van der Waals surface area contributed by atoms with E-state index in [0.29, 0.717) is 0 Å². The SMILES string of the molecule is COC(CBr)(OC)C(=O)O. The zero-order valence-corrected chi connectivity index (χ0v) is 7.34. The molecule has 0 aromatic rings. The summed E-state index contributed by atoms with van der Waals surface area (Å²) in [4.78, 5) is 10.4. The van der Waals surface area contributed by atoms with Crippen molar-refractivity contribution in [3.8, 4) is 0 Å². The van der Waals surface area contributed by atoms with Gasteiger partial charge >= 0.3 is 5.97 Å².